The number of likely N-dealkylation sites (N-methyl/N-ethyl adjacent to an activating group) is 2. The van der Waals surface area contributed by atoms with Crippen LogP contribution in [0.2, 0.25) is 0 Å². The molecule has 0 unspecified atom stereocenters. The molecule has 0 amide bonds. The summed E-state index contributed by atoms with van der Waals surface area (Å²) in [6.07, 6.45) is -5.89. The number of nitrogens with two attached hydrogens (primary N) is 3. The number of nitrogens with one attached hydrogen (secondary N) is 2. The largest absolute Gasteiger partial charge is 0.394 e. The molecule has 3 aliphatic heterocycles. The van der Waals surface area contributed by atoms with Crippen LogP contribution >= 0.6 is 0 Å². The average Bonchev–Trinajstić information content (AvgIpc) is 2.76. The van der Waals surface area contributed by atoms with Crippen molar-refractivity contribution in [3.63, 3.8) is 0 Å². The Kier molecular flexibility index (Phi) is 9.58. The lowest BCUT2D eigenvalue weighted by atomic mass is 9.98. The van der Waals surface area contributed by atoms with Crippen molar-refractivity contribution in [1.82, 2.24) is 10.6 Å². The van der Waals surface area contributed by atoms with E-state index < -0.39 is 68.2 Å². The van der Waals surface area contributed by atoms with Crippen molar-refractivity contribution in [3.8, 4) is 0 Å². The molecule has 0 bridgehead atoms. The molecule has 3 rings (SSSR count). The van der Waals surface area contributed by atoms with E-state index in [0.29, 0.717) is 13.0 Å². The fraction of sp³-hybridized carbons (Fsp3) is 1.00. The monoisotopic (exact) mass is 465 g/mol. The van der Waals surface area contributed by atoms with Gasteiger partial charge >= 0.3 is 0 Å². The van der Waals surface area contributed by atoms with Crippen molar-refractivity contribution in [3.05, 3.63) is 0 Å². The third kappa shape index (κ3) is 5.93. The van der Waals surface area contributed by atoms with Crippen molar-refractivity contribution in [2.75, 3.05) is 27.2 Å². The van der Waals surface area contributed by atoms with Crippen molar-refractivity contribution < 1.29 is 39.0 Å². The molecule has 3 fully saturated rings. The third-order valence-corrected chi connectivity index (χ3v) is 6.24. The SMILES string of the molecule is CNC[C@@H]1CC[C@@H](N)[C@@H](O[C@H]2[C@H](O)[C@H](NC)[C@@H](O[C@@H]3C[C@@H](N)[C@H](O)[C@@H](CO)O3)O[C@H]2N)O1. The molecule has 32 heavy (non-hydrogen) atoms. The maximum Gasteiger partial charge on any atom is 0.180 e. The van der Waals surface area contributed by atoms with Crippen LogP contribution in [0.15, 0.2) is 0 Å². The molecule has 0 saturated carbocycles. The lowest BCUT2D eigenvalue weighted by Gasteiger charge is -2.47. The molecule has 0 spiro atoms. The van der Waals surface area contributed by atoms with Crippen LogP contribution in [0, 0.1) is 0 Å². The quantitative estimate of drug-likeness (QED) is 0.171. The summed E-state index contributed by atoms with van der Waals surface area (Å²) in [6, 6.07) is -1.72. The first-order valence-electron chi connectivity index (χ1n) is 11.1. The van der Waals surface area contributed by atoms with E-state index in [2.05, 4.69) is 10.6 Å². The molecule has 0 aromatic heterocycles. The Labute approximate surface area is 187 Å². The second-order valence-electron chi connectivity index (χ2n) is 8.61. The number of hydrogen-bond donors (Lipinski definition) is 8. The Balaban J connectivity index is 1.63. The lowest BCUT2D eigenvalue weighted by molar-refractivity contribution is -0.347. The summed E-state index contributed by atoms with van der Waals surface area (Å²) in [6.45, 7) is 0.244. The Bertz CT molecular complexity index is 580. The summed E-state index contributed by atoms with van der Waals surface area (Å²) in [7, 11) is 3.48. The van der Waals surface area contributed by atoms with Crippen LogP contribution in [0.4, 0.5) is 0 Å². The van der Waals surface area contributed by atoms with Gasteiger partial charge in [-0.15, -0.1) is 0 Å². The Hall–Kier alpha value is -0.520. The molecule has 13 nitrogen and oxygen atoms in total. The van der Waals surface area contributed by atoms with Crippen molar-refractivity contribution >= 4 is 0 Å². The van der Waals surface area contributed by atoms with Gasteiger partial charge < -0.3 is 66.8 Å². The second kappa shape index (κ2) is 11.8. The normalized spacial score (nSPS) is 48.0. The van der Waals surface area contributed by atoms with Crippen LogP contribution in [-0.4, -0.2) is 116 Å². The fourth-order valence-electron chi connectivity index (χ4n) is 4.35. The molecule has 11 N–H and O–H groups in total. The zero-order valence-electron chi connectivity index (χ0n) is 18.6. The van der Waals surface area contributed by atoms with Gasteiger partial charge in [0, 0.05) is 19.0 Å². The molecular weight excluding hydrogens is 426 g/mol. The molecule has 3 heterocycles. The van der Waals surface area contributed by atoms with Crippen LogP contribution in [0.1, 0.15) is 19.3 Å². The smallest absolute Gasteiger partial charge is 0.180 e. The summed E-state index contributed by atoms with van der Waals surface area (Å²) in [5.74, 6) is 0. The van der Waals surface area contributed by atoms with E-state index in [9.17, 15) is 15.3 Å². The van der Waals surface area contributed by atoms with E-state index in [4.69, 9.17) is 40.9 Å². The van der Waals surface area contributed by atoms with Gasteiger partial charge in [-0.3, -0.25) is 0 Å². The van der Waals surface area contributed by atoms with E-state index in [1.54, 1.807) is 7.05 Å². The minimum absolute atomic E-state index is 0.0543. The van der Waals surface area contributed by atoms with E-state index in [-0.39, 0.29) is 18.6 Å². The second-order valence-corrected chi connectivity index (χ2v) is 8.61. The summed E-state index contributed by atoms with van der Waals surface area (Å²) in [5, 5.41) is 36.4. The van der Waals surface area contributed by atoms with E-state index in [1.807, 2.05) is 7.05 Å². The van der Waals surface area contributed by atoms with Crippen molar-refractivity contribution in [2.45, 2.75) is 93.0 Å². The van der Waals surface area contributed by atoms with Gasteiger partial charge in [-0.1, -0.05) is 0 Å². The van der Waals surface area contributed by atoms with Crippen LogP contribution in [0.5, 0.6) is 0 Å². The summed E-state index contributed by atoms with van der Waals surface area (Å²) < 4.78 is 29.2. The van der Waals surface area contributed by atoms with Gasteiger partial charge in [0.15, 0.2) is 18.9 Å². The first-order valence-corrected chi connectivity index (χ1v) is 11.1. The van der Waals surface area contributed by atoms with Gasteiger partial charge in [0.1, 0.15) is 24.5 Å². The Morgan fingerprint density at radius 2 is 1.69 bits per heavy atom. The lowest BCUT2D eigenvalue weighted by Crippen LogP contribution is -2.67. The first kappa shape index (κ1) is 26.1. The molecule has 3 aliphatic rings. The van der Waals surface area contributed by atoms with E-state index in [1.165, 1.54) is 0 Å². The van der Waals surface area contributed by atoms with Crippen molar-refractivity contribution in [1.29, 1.82) is 0 Å². The van der Waals surface area contributed by atoms with Crippen LogP contribution in [-0.2, 0) is 23.7 Å². The maximum atomic E-state index is 11.0. The number of hydrogen-bond acceptors (Lipinski definition) is 13. The van der Waals surface area contributed by atoms with Crippen LogP contribution in [0.25, 0.3) is 0 Å². The van der Waals surface area contributed by atoms with Gasteiger partial charge in [0.2, 0.25) is 0 Å². The average molecular weight is 466 g/mol. The highest BCUT2D eigenvalue weighted by Crippen LogP contribution is 2.29. The Morgan fingerprint density at radius 1 is 0.938 bits per heavy atom. The van der Waals surface area contributed by atoms with E-state index >= 15 is 0 Å². The van der Waals surface area contributed by atoms with Crippen LogP contribution < -0.4 is 27.8 Å². The molecule has 0 aromatic carbocycles. The number of aliphatic hydroxyl groups is 3. The highest BCUT2D eigenvalue weighted by Gasteiger charge is 2.48. The summed E-state index contributed by atoms with van der Waals surface area (Å²) in [4.78, 5) is 0. The van der Waals surface area contributed by atoms with Gasteiger partial charge in [0.05, 0.1) is 30.9 Å². The zero-order chi connectivity index (χ0) is 23.4. The maximum absolute atomic E-state index is 11.0. The van der Waals surface area contributed by atoms with Gasteiger partial charge in [-0.25, -0.2) is 0 Å². The Morgan fingerprint density at radius 3 is 2.34 bits per heavy atom. The zero-order valence-corrected chi connectivity index (χ0v) is 18.6. The molecule has 13 heteroatoms. The topological polar surface area (TPSA) is 209 Å². The van der Waals surface area contributed by atoms with Gasteiger partial charge in [-0.2, -0.15) is 0 Å². The molecule has 12 atom stereocenters. The molecule has 3 saturated heterocycles. The van der Waals surface area contributed by atoms with Gasteiger partial charge in [0.25, 0.3) is 0 Å². The minimum Gasteiger partial charge on any atom is -0.394 e. The number of aliphatic hydroxyl groups excluding tert-OH is 3. The molecular formula is C19H39N5O8. The van der Waals surface area contributed by atoms with Crippen molar-refractivity contribution in [2.24, 2.45) is 17.2 Å². The highest BCUT2D eigenvalue weighted by molar-refractivity contribution is 4.94. The molecule has 0 aliphatic carbocycles. The predicted molar refractivity (Wildman–Crippen MR) is 112 cm³/mol. The molecule has 0 radical (unpaired) electrons. The fourth-order valence-corrected chi connectivity index (χ4v) is 4.35. The summed E-state index contributed by atoms with van der Waals surface area (Å²) >= 11 is 0. The van der Waals surface area contributed by atoms with Crippen LogP contribution in [0.3, 0.4) is 0 Å². The number of ether oxygens (including phenoxy) is 5. The standard InChI is InChI=1S/C19H39N5O8/c1-23-6-8-3-4-9(20)18(28-8)31-16-15(27)13(24-2)19(32-17(16)22)30-12-5-10(21)14(26)11(7-25)29-12/h8-19,23-27H,3-7,20-22H2,1-2H3/t8-,9+,10+,11+,12+,13-,14-,15+,16-,17+,18+,19-/m0/s1. The van der Waals surface area contributed by atoms with Gasteiger partial charge in [-0.05, 0) is 26.9 Å². The highest BCUT2D eigenvalue weighted by atomic mass is 16.8. The summed E-state index contributed by atoms with van der Waals surface area (Å²) in [5.41, 5.74) is 18.3. The third-order valence-electron chi connectivity index (χ3n) is 6.24. The minimum atomic E-state index is -1.11. The molecule has 188 valence electrons. The predicted octanol–water partition coefficient (Wildman–Crippen LogP) is -4.17. The van der Waals surface area contributed by atoms with E-state index in [0.717, 1.165) is 6.42 Å². The molecule has 0 aromatic rings. The first-order chi connectivity index (χ1) is 15.3. The number of rotatable bonds is 8.